The summed E-state index contributed by atoms with van der Waals surface area (Å²) >= 11 is 0. The number of anilines is 1. The molecule has 0 amide bonds. The maximum Gasteiger partial charge on any atom is 0.320 e. The number of aliphatic hydroxyl groups is 1. The number of alkyl halides is 1. The predicted molar refractivity (Wildman–Crippen MR) is 172 cm³/mol. The van der Waals surface area contributed by atoms with E-state index in [-0.39, 0.29) is 47.3 Å². The fourth-order valence-corrected chi connectivity index (χ4v) is 8.04. The summed E-state index contributed by atoms with van der Waals surface area (Å²) in [4.78, 5) is 18.8. The molecule has 47 heavy (non-hydrogen) atoms. The monoisotopic (exact) mass is 644 g/mol. The molecule has 246 valence electrons. The first kappa shape index (κ1) is 30.1. The van der Waals surface area contributed by atoms with Gasteiger partial charge in [-0.3, -0.25) is 9.47 Å². The van der Waals surface area contributed by atoms with Crippen molar-refractivity contribution in [3.05, 3.63) is 35.6 Å². The summed E-state index contributed by atoms with van der Waals surface area (Å²) in [5.41, 5.74) is -0.282. The molecule has 4 fully saturated rings. The molecule has 0 unspecified atom stereocenters. The average Bonchev–Trinajstić information content (AvgIpc) is 3.64. The number of imidazole rings is 1. The van der Waals surface area contributed by atoms with E-state index in [1.807, 2.05) is 16.4 Å². The number of benzene rings is 2. The van der Waals surface area contributed by atoms with Crippen LogP contribution in [0.5, 0.6) is 23.5 Å². The molecule has 3 atom stereocenters. The normalized spacial score (nSPS) is 26.4. The number of aromatic hydroxyl groups is 1. The van der Waals surface area contributed by atoms with Crippen molar-refractivity contribution >= 4 is 27.8 Å². The van der Waals surface area contributed by atoms with Gasteiger partial charge in [0.15, 0.2) is 11.5 Å². The van der Waals surface area contributed by atoms with Crippen LogP contribution in [-0.4, -0.2) is 84.7 Å². The van der Waals surface area contributed by atoms with Crippen molar-refractivity contribution in [3.8, 4) is 35.9 Å². The summed E-state index contributed by atoms with van der Waals surface area (Å²) < 4.78 is 44.1. The summed E-state index contributed by atoms with van der Waals surface area (Å²) in [5.74, 6) is 2.53. The Kier molecular flexibility index (Phi) is 7.18. The van der Waals surface area contributed by atoms with Gasteiger partial charge in [0.2, 0.25) is 0 Å². The van der Waals surface area contributed by atoms with Crippen LogP contribution in [-0.2, 0) is 0 Å². The first-order valence-corrected chi connectivity index (χ1v) is 16.5. The minimum absolute atomic E-state index is 0.0262. The minimum Gasteiger partial charge on any atom is -0.508 e. The second-order valence-corrected chi connectivity index (χ2v) is 13.9. The fourth-order valence-electron chi connectivity index (χ4n) is 8.04. The van der Waals surface area contributed by atoms with E-state index in [0.29, 0.717) is 60.2 Å². The van der Waals surface area contributed by atoms with Gasteiger partial charge in [-0.15, -0.1) is 6.42 Å². The van der Waals surface area contributed by atoms with E-state index in [0.717, 1.165) is 45.1 Å². The lowest BCUT2D eigenvalue weighted by atomic mass is 9.92. The van der Waals surface area contributed by atoms with Gasteiger partial charge in [-0.2, -0.15) is 15.0 Å². The third-order valence-electron chi connectivity index (χ3n) is 10.5. The van der Waals surface area contributed by atoms with Crippen molar-refractivity contribution in [3.63, 3.8) is 0 Å². The predicted octanol–water partition coefficient (Wildman–Crippen LogP) is 5.63. The molecule has 2 aromatic carbocycles. The van der Waals surface area contributed by atoms with Gasteiger partial charge in [0.05, 0.1) is 16.7 Å². The average molecular weight is 645 g/mol. The topological polar surface area (TPSA) is 109 Å². The van der Waals surface area contributed by atoms with Gasteiger partial charge in [0, 0.05) is 43.5 Å². The molecule has 12 heteroatoms. The van der Waals surface area contributed by atoms with Crippen LogP contribution in [0.4, 0.5) is 14.6 Å². The molecule has 0 spiro atoms. The Morgan fingerprint density at radius 1 is 1.11 bits per heavy atom. The quantitative estimate of drug-likeness (QED) is 0.248. The van der Waals surface area contributed by atoms with E-state index in [1.165, 1.54) is 18.2 Å². The first-order chi connectivity index (χ1) is 22.6. The zero-order valence-corrected chi connectivity index (χ0v) is 26.4. The third-order valence-corrected chi connectivity index (χ3v) is 10.5. The Balaban J connectivity index is 1.26. The van der Waals surface area contributed by atoms with Gasteiger partial charge in [0.25, 0.3) is 0 Å². The highest BCUT2D eigenvalue weighted by atomic mass is 19.1. The van der Waals surface area contributed by atoms with Crippen LogP contribution in [0.1, 0.15) is 69.9 Å². The van der Waals surface area contributed by atoms with E-state index in [4.69, 9.17) is 30.8 Å². The van der Waals surface area contributed by atoms with Crippen molar-refractivity contribution in [1.29, 1.82) is 0 Å². The zero-order chi connectivity index (χ0) is 32.5. The largest absolute Gasteiger partial charge is 0.508 e. The third kappa shape index (κ3) is 5.20. The lowest BCUT2D eigenvalue weighted by molar-refractivity contribution is 0.0447. The Hall–Kier alpha value is -4.21. The Bertz CT molecular complexity index is 1920. The molecule has 1 aliphatic carbocycles. The number of phenolic OH excluding ortho intramolecular Hbond substituents is 1. The molecule has 1 saturated carbocycles. The van der Waals surface area contributed by atoms with Crippen LogP contribution < -0.4 is 14.4 Å². The van der Waals surface area contributed by atoms with Crippen molar-refractivity contribution in [1.82, 2.24) is 24.4 Å². The SMILES string of the molecule is C#Cc1c(F)ccc2cc(O)cc(Oc3nc4nc(OC[C@@]56CCCN5C[C@H](F)C6)nc(N5CCC[C@@](C)(O)C5)c4n3C3CCC3)c12. The van der Waals surface area contributed by atoms with E-state index >= 15 is 0 Å². The second-order valence-electron chi connectivity index (χ2n) is 13.9. The smallest absolute Gasteiger partial charge is 0.320 e. The van der Waals surface area contributed by atoms with Gasteiger partial charge in [-0.1, -0.05) is 12.0 Å². The Morgan fingerprint density at radius 2 is 1.94 bits per heavy atom. The van der Waals surface area contributed by atoms with Gasteiger partial charge in [0.1, 0.15) is 35.6 Å². The highest BCUT2D eigenvalue weighted by molar-refractivity contribution is 5.95. The Labute approximate surface area is 271 Å². The van der Waals surface area contributed by atoms with Crippen LogP contribution in [0.2, 0.25) is 0 Å². The first-order valence-electron chi connectivity index (χ1n) is 16.5. The number of halogens is 2. The number of aromatic nitrogens is 4. The summed E-state index contributed by atoms with van der Waals surface area (Å²) in [6.45, 7) is 4.37. The number of hydrogen-bond acceptors (Lipinski definition) is 9. The molecule has 5 heterocycles. The maximum atomic E-state index is 14.9. The van der Waals surface area contributed by atoms with Crippen LogP contribution in [0.3, 0.4) is 0 Å². The standard InChI is InChI=1S/C35H38F2N6O4/c1-3-25-26(37)10-9-21-15-24(44)16-27(28(21)25)47-33-39-30-29(43(33)23-7-4-8-23)31(41-13-5-11-34(2,45)19-41)40-32(38-30)46-20-35-12-6-14-42(35)18-22(36)17-35/h1,9-10,15-16,22-23,44-45H,4-8,11-14,17-20H2,2H3/t22-,34-,35+/m1/s1. The lowest BCUT2D eigenvalue weighted by Crippen LogP contribution is -2.46. The molecule has 8 rings (SSSR count). The number of piperidine rings is 1. The molecular formula is C35H38F2N6O4. The number of ether oxygens (including phenoxy) is 2. The van der Waals surface area contributed by atoms with Crippen molar-refractivity contribution < 1.29 is 28.5 Å². The molecule has 3 saturated heterocycles. The van der Waals surface area contributed by atoms with E-state index in [9.17, 15) is 19.0 Å². The van der Waals surface area contributed by atoms with E-state index in [1.54, 1.807) is 6.07 Å². The molecular weight excluding hydrogens is 606 g/mol. The lowest BCUT2D eigenvalue weighted by Gasteiger charge is -2.38. The van der Waals surface area contributed by atoms with Crippen LogP contribution in [0, 0.1) is 18.2 Å². The minimum atomic E-state index is -0.920. The number of nitrogens with zero attached hydrogens (tertiary/aromatic N) is 6. The molecule has 10 nitrogen and oxygen atoms in total. The van der Waals surface area contributed by atoms with Gasteiger partial charge in [-0.25, -0.2) is 8.78 Å². The fraction of sp³-hybridized carbons (Fsp3) is 0.514. The Morgan fingerprint density at radius 3 is 2.70 bits per heavy atom. The number of β-amino-alcohol motifs (C(OH)–C–C–N with tert-alkyl or cyclic N) is 1. The summed E-state index contributed by atoms with van der Waals surface area (Å²) in [6.07, 6.45) is 11.3. The van der Waals surface area contributed by atoms with Gasteiger partial charge >= 0.3 is 12.0 Å². The number of terminal acetylenes is 1. The second kappa shape index (κ2) is 11.2. The number of hydrogen-bond donors (Lipinski definition) is 2. The van der Waals surface area contributed by atoms with Crippen LogP contribution in [0.25, 0.3) is 21.9 Å². The molecule has 0 bridgehead atoms. The molecule has 4 aliphatic rings. The van der Waals surface area contributed by atoms with Crippen molar-refractivity contribution in [2.24, 2.45) is 0 Å². The van der Waals surface area contributed by atoms with Crippen LogP contribution >= 0.6 is 0 Å². The van der Waals surface area contributed by atoms with Crippen molar-refractivity contribution in [2.75, 3.05) is 37.7 Å². The highest BCUT2D eigenvalue weighted by Gasteiger charge is 2.49. The number of phenols is 1. The van der Waals surface area contributed by atoms with Crippen molar-refractivity contribution in [2.45, 2.75) is 81.6 Å². The van der Waals surface area contributed by atoms with Gasteiger partial charge < -0.3 is 24.6 Å². The highest BCUT2D eigenvalue weighted by Crippen LogP contribution is 2.45. The number of fused-ring (bicyclic) bond motifs is 3. The molecule has 3 aliphatic heterocycles. The van der Waals surface area contributed by atoms with Gasteiger partial charge in [-0.05, 0) is 75.9 Å². The van der Waals surface area contributed by atoms with E-state index in [2.05, 4.69) is 10.8 Å². The maximum absolute atomic E-state index is 14.9. The molecule has 2 N–H and O–H groups in total. The summed E-state index contributed by atoms with van der Waals surface area (Å²) in [6, 6.07) is 6.10. The zero-order valence-electron chi connectivity index (χ0n) is 26.4. The van der Waals surface area contributed by atoms with Crippen LogP contribution in [0.15, 0.2) is 24.3 Å². The summed E-state index contributed by atoms with van der Waals surface area (Å²) in [7, 11) is 0. The molecule has 0 radical (unpaired) electrons. The molecule has 2 aromatic heterocycles. The van der Waals surface area contributed by atoms with E-state index < -0.39 is 17.6 Å². The number of rotatable bonds is 7. The summed E-state index contributed by atoms with van der Waals surface area (Å²) in [5, 5.41) is 22.5. The molecule has 4 aromatic rings.